The second kappa shape index (κ2) is 5.28. The minimum absolute atomic E-state index is 0.114. The van der Waals surface area contributed by atoms with E-state index in [0.29, 0.717) is 17.5 Å². The van der Waals surface area contributed by atoms with Crippen LogP contribution in [0.3, 0.4) is 0 Å². The van der Waals surface area contributed by atoms with Crippen LogP contribution in [0.15, 0.2) is 48.5 Å². The van der Waals surface area contributed by atoms with E-state index in [9.17, 15) is 9.18 Å². The summed E-state index contributed by atoms with van der Waals surface area (Å²) in [4.78, 5) is 11.2. The molecule has 104 valence electrons. The van der Waals surface area contributed by atoms with Crippen LogP contribution in [0, 0.1) is 12.7 Å². The maximum atomic E-state index is 14.1. The smallest absolute Gasteiger partial charge is 0.172 e. The number of nitrogens with zero attached hydrogens (tertiary/aromatic N) is 3. The summed E-state index contributed by atoms with van der Waals surface area (Å²) in [6.07, 6.45) is 0.587. The molecule has 4 nitrogen and oxygen atoms in total. The monoisotopic (exact) mass is 281 g/mol. The first-order chi connectivity index (χ1) is 10.2. The van der Waals surface area contributed by atoms with Gasteiger partial charge in [-0.15, -0.1) is 5.10 Å². The molecule has 0 aliphatic carbocycles. The van der Waals surface area contributed by atoms with Crippen molar-refractivity contribution in [3.8, 4) is 16.9 Å². The van der Waals surface area contributed by atoms with Crippen molar-refractivity contribution < 1.29 is 9.18 Å². The van der Waals surface area contributed by atoms with Gasteiger partial charge in [0, 0.05) is 5.56 Å². The second-order valence-corrected chi connectivity index (χ2v) is 4.62. The fourth-order valence-corrected chi connectivity index (χ4v) is 2.25. The Labute approximate surface area is 120 Å². The first kappa shape index (κ1) is 13.2. The number of halogens is 1. The summed E-state index contributed by atoms with van der Waals surface area (Å²) in [6, 6.07) is 13.8. The normalized spacial score (nSPS) is 10.6. The highest BCUT2D eigenvalue weighted by atomic mass is 19.1. The highest BCUT2D eigenvalue weighted by Crippen LogP contribution is 2.27. The molecule has 0 atom stereocenters. The number of carbonyl (C=O) groups excluding carboxylic acids is 1. The molecule has 21 heavy (non-hydrogen) atoms. The zero-order chi connectivity index (χ0) is 14.8. The van der Waals surface area contributed by atoms with Crippen molar-refractivity contribution in [3.05, 3.63) is 65.6 Å². The van der Waals surface area contributed by atoms with E-state index in [4.69, 9.17) is 0 Å². The molecule has 1 aromatic heterocycles. The van der Waals surface area contributed by atoms with E-state index in [1.54, 1.807) is 18.2 Å². The number of aromatic nitrogens is 3. The highest BCUT2D eigenvalue weighted by Gasteiger charge is 2.19. The van der Waals surface area contributed by atoms with Gasteiger partial charge >= 0.3 is 0 Å². The summed E-state index contributed by atoms with van der Waals surface area (Å²) in [5.74, 6) is -0.419. The Balaban J connectivity index is 2.30. The molecule has 0 aliphatic heterocycles. The Morgan fingerprint density at radius 1 is 1.10 bits per heavy atom. The van der Waals surface area contributed by atoms with Gasteiger partial charge in [0.1, 0.15) is 11.5 Å². The molecule has 0 saturated carbocycles. The molecule has 0 fully saturated rings. The van der Waals surface area contributed by atoms with Gasteiger partial charge < -0.3 is 0 Å². The summed E-state index contributed by atoms with van der Waals surface area (Å²) >= 11 is 0. The summed E-state index contributed by atoms with van der Waals surface area (Å²) in [5, 5.41) is 7.85. The Morgan fingerprint density at radius 3 is 2.52 bits per heavy atom. The Morgan fingerprint density at radius 2 is 1.81 bits per heavy atom. The number of aryl methyl sites for hydroxylation is 1. The highest BCUT2D eigenvalue weighted by molar-refractivity contribution is 5.84. The molecule has 0 amide bonds. The van der Waals surface area contributed by atoms with Gasteiger partial charge in [-0.25, -0.2) is 9.07 Å². The van der Waals surface area contributed by atoms with Gasteiger partial charge in [0.05, 0.1) is 5.69 Å². The molecule has 0 saturated heterocycles. The lowest BCUT2D eigenvalue weighted by atomic mass is 10.1. The van der Waals surface area contributed by atoms with Crippen LogP contribution in [0.2, 0.25) is 0 Å². The molecule has 0 spiro atoms. The fraction of sp³-hybridized carbons (Fsp3) is 0.0625. The molecule has 1 heterocycles. The minimum atomic E-state index is -0.419. The lowest BCUT2D eigenvalue weighted by Crippen LogP contribution is -2.03. The number of hydrogen-bond acceptors (Lipinski definition) is 3. The number of hydrogen-bond donors (Lipinski definition) is 0. The van der Waals surface area contributed by atoms with Gasteiger partial charge in [0.2, 0.25) is 0 Å². The summed E-state index contributed by atoms with van der Waals surface area (Å²) < 4.78 is 15.6. The average molecular weight is 281 g/mol. The average Bonchev–Trinajstić information content (AvgIpc) is 2.92. The van der Waals surface area contributed by atoms with Gasteiger partial charge in [-0.2, -0.15) is 0 Å². The Bertz CT molecular complexity index is 811. The number of rotatable bonds is 3. The molecule has 3 aromatic rings. The van der Waals surface area contributed by atoms with Gasteiger partial charge in [-0.3, -0.25) is 4.79 Å². The van der Waals surface area contributed by atoms with E-state index in [0.717, 1.165) is 11.3 Å². The molecule has 3 rings (SSSR count). The Kier molecular flexibility index (Phi) is 3.31. The quantitative estimate of drug-likeness (QED) is 0.693. The maximum Gasteiger partial charge on any atom is 0.172 e. The largest absolute Gasteiger partial charge is 0.296 e. The third-order valence-electron chi connectivity index (χ3n) is 3.28. The van der Waals surface area contributed by atoms with E-state index >= 15 is 0 Å². The first-order valence-corrected chi connectivity index (χ1v) is 6.44. The van der Waals surface area contributed by atoms with Crippen molar-refractivity contribution >= 4 is 6.29 Å². The summed E-state index contributed by atoms with van der Waals surface area (Å²) in [5.41, 5.74) is 2.49. The predicted octanol–water partition coefficient (Wildman–Crippen LogP) is 3.19. The van der Waals surface area contributed by atoms with Crippen molar-refractivity contribution in [2.75, 3.05) is 0 Å². The van der Waals surface area contributed by atoms with Crippen LogP contribution < -0.4 is 0 Å². The zero-order valence-corrected chi connectivity index (χ0v) is 11.3. The van der Waals surface area contributed by atoms with Gasteiger partial charge in [0.15, 0.2) is 12.0 Å². The van der Waals surface area contributed by atoms with Crippen LogP contribution in [0.1, 0.15) is 16.1 Å². The molecule has 0 unspecified atom stereocenters. The van der Waals surface area contributed by atoms with Gasteiger partial charge in [-0.05, 0) is 30.7 Å². The second-order valence-electron chi connectivity index (χ2n) is 4.62. The van der Waals surface area contributed by atoms with Crippen LogP contribution in [0.5, 0.6) is 0 Å². The fourth-order valence-electron chi connectivity index (χ4n) is 2.25. The van der Waals surface area contributed by atoms with Crippen LogP contribution in [0.25, 0.3) is 16.9 Å². The van der Waals surface area contributed by atoms with E-state index in [1.807, 2.05) is 31.2 Å². The first-order valence-electron chi connectivity index (χ1n) is 6.44. The number of carbonyl (C=O) groups is 1. The summed E-state index contributed by atoms with van der Waals surface area (Å²) in [7, 11) is 0. The number of aldehydes is 1. The molecule has 5 heteroatoms. The molecule has 0 aliphatic rings. The lowest BCUT2D eigenvalue weighted by Gasteiger charge is -2.10. The Hall–Kier alpha value is -2.82. The maximum absolute atomic E-state index is 14.1. The summed E-state index contributed by atoms with van der Waals surface area (Å²) in [6.45, 7) is 1.92. The van der Waals surface area contributed by atoms with E-state index in [-0.39, 0.29) is 5.69 Å². The number of benzene rings is 2. The topological polar surface area (TPSA) is 47.8 Å². The van der Waals surface area contributed by atoms with Crippen molar-refractivity contribution in [1.29, 1.82) is 0 Å². The van der Waals surface area contributed by atoms with E-state index in [1.165, 1.54) is 10.7 Å². The molecular weight excluding hydrogens is 269 g/mol. The molecule has 0 bridgehead atoms. The predicted molar refractivity (Wildman–Crippen MR) is 76.9 cm³/mol. The van der Waals surface area contributed by atoms with Crippen LogP contribution >= 0.6 is 0 Å². The van der Waals surface area contributed by atoms with Crippen LogP contribution in [-0.2, 0) is 0 Å². The van der Waals surface area contributed by atoms with Crippen molar-refractivity contribution in [2.24, 2.45) is 0 Å². The van der Waals surface area contributed by atoms with Crippen LogP contribution in [0.4, 0.5) is 4.39 Å². The van der Waals surface area contributed by atoms with Crippen molar-refractivity contribution in [2.45, 2.75) is 6.92 Å². The van der Waals surface area contributed by atoms with Crippen molar-refractivity contribution in [1.82, 2.24) is 15.0 Å². The number of para-hydroxylation sites is 1. The van der Waals surface area contributed by atoms with Gasteiger partial charge in [0.25, 0.3) is 0 Å². The minimum Gasteiger partial charge on any atom is -0.296 e. The third kappa shape index (κ3) is 2.23. The standard InChI is InChI=1S/C16H12FN3O/c1-11-6-2-5-9-15(11)20-16(14(10-21)18-19-20)12-7-3-4-8-13(12)17/h2-10H,1H3. The van der Waals surface area contributed by atoms with E-state index < -0.39 is 5.82 Å². The van der Waals surface area contributed by atoms with Crippen LogP contribution in [-0.4, -0.2) is 21.3 Å². The SMILES string of the molecule is Cc1ccccc1-n1nnc(C=O)c1-c1ccccc1F. The molecular formula is C16H12FN3O. The molecule has 0 radical (unpaired) electrons. The zero-order valence-electron chi connectivity index (χ0n) is 11.3. The van der Waals surface area contributed by atoms with E-state index in [2.05, 4.69) is 10.3 Å². The lowest BCUT2D eigenvalue weighted by molar-refractivity contribution is 0.111. The third-order valence-corrected chi connectivity index (χ3v) is 3.28. The molecule has 2 aromatic carbocycles. The van der Waals surface area contributed by atoms with Gasteiger partial charge in [-0.1, -0.05) is 35.5 Å². The molecule has 0 N–H and O–H groups in total. The van der Waals surface area contributed by atoms with Crippen molar-refractivity contribution in [3.63, 3.8) is 0 Å².